The minimum absolute atomic E-state index is 0.0376. The zero-order chi connectivity index (χ0) is 33.4. The summed E-state index contributed by atoms with van der Waals surface area (Å²) in [4.78, 5) is 51.0. The molecule has 13 heteroatoms. The number of fused-ring (bicyclic) bond motifs is 6. The third-order valence-electron chi connectivity index (χ3n) is 9.05. The lowest BCUT2D eigenvalue weighted by Crippen LogP contribution is -2.57. The van der Waals surface area contributed by atoms with Gasteiger partial charge in [-0.15, -0.1) is 8.78 Å². The van der Waals surface area contributed by atoms with Gasteiger partial charge in [0.2, 0.25) is 17.5 Å². The molecular weight excluding hydrogens is 602 g/mol. The van der Waals surface area contributed by atoms with Gasteiger partial charge in [-0.3, -0.25) is 9.59 Å². The Morgan fingerprint density at radius 3 is 2.59 bits per heavy atom. The largest absolute Gasteiger partial charge is 0.586 e. The number of ketones is 1. The topological polar surface area (TPSA) is 129 Å². The molecule has 46 heavy (non-hydrogen) atoms. The van der Waals surface area contributed by atoms with Crippen LogP contribution in [0.5, 0.6) is 17.4 Å². The number of benzene rings is 1. The van der Waals surface area contributed by atoms with Crippen molar-refractivity contribution in [3.63, 3.8) is 0 Å². The Hall–Kier alpha value is -3.77. The smallest absolute Gasteiger partial charge is 0.471 e. The fourth-order valence-corrected chi connectivity index (χ4v) is 6.66. The summed E-state index contributed by atoms with van der Waals surface area (Å²) in [5.41, 5.74) is 0.260. The summed E-state index contributed by atoms with van der Waals surface area (Å²) in [6.45, 7) is 11.1. The highest BCUT2D eigenvalue weighted by Crippen LogP contribution is 2.45. The summed E-state index contributed by atoms with van der Waals surface area (Å²) in [5, 5.41) is 2.78. The first kappa shape index (κ1) is 33.6. The SMILES string of the molecule is CCC[C@H]1CCCCCc2nc3ccc4c(c3nc2O[C@H]2CN(C(=O)[C@H](C(C)(C)C)NC(=O)OC1)[C@H](C(C)=O)C2C)OC(F)(F)O4. The second kappa shape index (κ2) is 13.2. The van der Waals surface area contributed by atoms with Gasteiger partial charge in [0, 0.05) is 5.92 Å². The molecule has 252 valence electrons. The highest BCUT2D eigenvalue weighted by molar-refractivity contribution is 5.92. The van der Waals surface area contributed by atoms with E-state index in [4.69, 9.17) is 19.2 Å². The van der Waals surface area contributed by atoms with Gasteiger partial charge in [-0.2, -0.15) is 0 Å². The Bertz CT molecular complexity index is 1480. The molecule has 1 aromatic heterocycles. The normalized spacial score (nSPS) is 27.2. The Labute approximate surface area is 267 Å². The Morgan fingerprint density at radius 1 is 1.13 bits per heavy atom. The number of hydrogen-bond donors (Lipinski definition) is 1. The number of halogens is 2. The summed E-state index contributed by atoms with van der Waals surface area (Å²) < 4.78 is 49.5. The number of carbonyl (C=O) groups is 3. The van der Waals surface area contributed by atoms with Crippen LogP contribution in [0.4, 0.5) is 13.6 Å². The zero-order valence-corrected chi connectivity index (χ0v) is 27.4. The number of ether oxygens (including phenoxy) is 4. The Kier molecular flexibility index (Phi) is 9.60. The van der Waals surface area contributed by atoms with Gasteiger partial charge in [0.25, 0.3) is 0 Å². The number of carbonyl (C=O) groups excluding carboxylic acids is 3. The van der Waals surface area contributed by atoms with Crippen molar-refractivity contribution in [3.05, 3.63) is 17.8 Å². The molecule has 0 saturated carbocycles. The first-order valence-corrected chi connectivity index (χ1v) is 16.2. The molecule has 3 aliphatic heterocycles. The quantitative estimate of drug-likeness (QED) is 0.439. The minimum atomic E-state index is -3.84. The van der Waals surface area contributed by atoms with Crippen molar-refractivity contribution in [2.45, 2.75) is 111 Å². The molecule has 2 bridgehead atoms. The van der Waals surface area contributed by atoms with Crippen LogP contribution < -0.4 is 19.5 Å². The number of nitrogens with one attached hydrogen (secondary N) is 1. The van der Waals surface area contributed by atoms with Crippen molar-refractivity contribution < 1.29 is 42.1 Å². The van der Waals surface area contributed by atoms with Crippen molar-refractivity contribution in [1.82, 2.24) is 20.2 Å². The minimum Gasteiger partial charge on any atom is -0.471 e. The summed E-state index contributed by atoms with van der Waals surface area (Å²) in [7, 11) is 0. The molecule has 1 aromatic carbocycles. The highest BCUT2D eigenvalue weighted by atomic mass is 19.3. The number of alkyl carbamates (subject to hydrolysis) is 1. The number of rotatable bonds is 3. The lowest BCUT2D eigenvalue weighted by Gasteiger charge is -2.35. The molecular formula is C33H44F2N4O7. The molecule has 4 heterocycles. The second-order valence-electron chi connectivity index (χ2n) is 13.8. The first-order valence-electron chi connectivity index (χ1n) is 16.2. The maximum atomic E-state index is 14.1. The van der Waals surface area contributed by atoms with Gasteiger partial charge in [-0.05, 0) is 56.1 Å². The number of aromatic nitrogens is 2. The fraction of sp³-hybridized carbons (Fsp3) is 0.667. The maximum Gasteiger partial charge on any atom is 0.586 e. The van der Waals surface area contributed by atoms with E-state index in [2.05, 4.69) is 22.0 Å². The van der Waals surface area contributed by atoms with E-state index in [1.54, 1.807) is 6.07 Å². The molecule has 1 N–H and O–H groups in total. The van der Waals surface area contributed by atoms with Gasteiger partial charge in [0.15, 0.2) is 11.5 Å². The number of cyclic esters (lactones) is 1. The van der Waals surface area contributed by atoms with Crippen LogP contribution in [0.15, 0.2) is 12.1 Å². The van der Waals surface area contributed by atoms with Crippen LogP contribution >= 0.6 is 0 Å². The second-order valence-corrected chi connectivity index (χ2v) is 13.8. The molecule has 0 radical (unpaired) electrons. The van der Waals surface area contributed by atoms with E-state index in [9.17, 15) is 23.2 Å². The van der Waals surface area contributed by atoms with E-state index < -0.39 is 47.8 Å². The molecule has 0 aliphatic carbocycles. The van der Waals surface area contributed by atoms with Crippen LogP contribution in [0.3, 0.4) is 0 Å². The van der Waals surface area contributed by atoms with Gasteiger partial charge in [-0.25, -0.2) is 14.8 Å². The zero-order valence-electron chi connectivity index (χ0n) is 27.4. The molecule has 1 unspecified atom stereocenters. The Morgan fingerprint density at radius 2 is 1.89 bits per heavy atom. The molecule has 0 spiro atoms. The average molecular weight is 647 g/mol. The monoisotopic (exact) mass is 646 g/mol. The summed E-state index contributed by atoms with van der Waals surface area (Å²) in [6, 6.07) is 1.13. The van der Waals surface area contributed by atoms with Gasteiger partial charge in [0.05, 0.1) is 24.7 Å². The van der Waals surface area contributed by atoms with Crippen LogP contribution in [0.25, 0.3) is 11.0 Å². The fourth-order valence-electron chi connectivity index (χ4n) is 6.66. The third-order valence-corrected chi connectivity index (χ3v) is 9.05. The number of hydrogen-bond acceptors (Lipinski definition) is 9. The summed E-state index contributed by atoms with van der Waals surface area (Å²) >= 11 is 0. The van der Waals surface area contributed by atoms with E-state index in [1.807, 2.05) is 27.7 Å². The molecule has 1 fully saturated rings. The van der Waals surface area contributed by atoms with E-state index in [-0.39, 0.29) is 47.7 Å². The molecule has 2 aromatic rings. The van der Waals surface area contributed by atoms with Crippen molar-refractivity contribution in [2.24, 2.45) is 17.3 Å². The van der Waals surface area contributed by atoms with Crippen LogP contribution in [-0.4, -0.2) is 70.3 Å². The number of aryl methyl sites for hydroxylation is 1. The molecule has 5 rings (SSSR count). The van der Waals surface area contributed by atoms with E-state index in [1.165, 1.54) is 17.9 Å². The Balaban J connectivity index is 1.54. The number of nitrogens with zero attached hydrogens (tertiary/aromatic N) is 3. The molecule has 11 nitrogen and oxygen atoms in total. The number of alkyl halides is 2. The van der Waals surface area contributed by atoms with Crippen LogP contribution in [0.2, 0.25) is 0 Å². The lowest BCUT2D eigenvalue weighted by molar-refractivity contribution is -0.286. The van der Waals surface area contributed by atoms with Gasteiger partial charge >= 0.3 is 12.4 Å². The van der Waals surface area contributed by atoms with Crippen molar-refractivity contribution in [2.75, 3.05) is 13.2 Å². The van der Waals surface area contributed by atoms with Crippen molar-refractivity contribution >= 4 is 28.8 Å². The predicted octanol–water partition coefficient (Wildman–Crippen LogP) is 5.81. The predicted molar refractivity (Wildman–Crippen MR) is 164 cm³/mol. The molecule has 5 atom stereocenters. The van der Waals surface area contributed by atoms with Crippen molar-refractivity contribution in [3.8, 4) is 17.4 Å². The third kappa shape index (κ3) is 7.12. The van der Waals surface area contributed by atoms with Gasteiger partial charge < -0.3 is 29.2 Å². The molecule has 2 amide bonds. The van der Waals surface area contributed by atoms with Crippen LogP contribution in [-0.2, 0) is 20.7 Å². The highest BCUT2D eigenvalue weighted by Gasteiger charge is 2.49. The summed E-state index contributed by atoms with van der Waals surface area (Å²) in [6.07, 6.45) is 0.549. The molecule has 1 saturated heterocycles. The van der Waals surface area contributed by atoms with Crippen LogP contribution in [0, 0.1) is 17.3 Å². The standard InChI is InChI=1S/C33H44F2N4O7/c1-7-11-20-12-9-8-10-13-22-29(37-25-21(36-22)14-15-23-27(25)46-33(34,35)45-23)44-24-16-39(26(18(24)2)19(3)40)30(41)28(32(4,5)6)38-31(42)43-17-20/h14-15,18,20,24,26,28H,7-13,16-17H2,1-6H3,(H,38,42)/t18?,20-,24-,26-,28+/m0/s1. The number of Topliss-reactive ketones (excluding diaryl/α,β-unsaturated/α-hetero) is 1. The summed E-state index contributed by atoms with van der Waals surface area (Å²) in [5.74, 6) is -1.20. The maximum absolute atomic E-state index is 14.1. The van der Waals surface area contributed by atoms with Crippen LogP contribution in [0.1, 0.15) is 85.8 Å². The average Bonchev–Trinajstić information content (AvgIpc) is 3.47. The van der Waals surface area contributed by atoms with Gasteiger partial charge in [-0.1, -0.05) is 53.9 Å². The lowest BCUT2D eigenvalue weighted by atomic mass is 9.85. The van der Waals surface area contributed by atoms with Gasteiger partial charge in [0.1, 0.15) is 23.4 Å². The molecule has 3 aliphatic rings. The first-order chi connectivity index (χ1) is 21.7. The van der Waals surface area contributed by atoms with Crippen molar-refractivity contribution in [1.29, 1.82) is 0 Å². The van der Waals surface area contributed by atoms with E-state index in [0.717, 1.165) is 38.5 Å². The van der Waals surface area contributed by atoms with E-state index >= 15 is 0 Å². The van der Waals surface area contributed by atoms with E-state index in [0.29, 0.717) is 17.6 Å². The number of amides is 2.